The third kappa shape index (κ3) is 20.9. The number of hydrogen-bond acceptors (Lipinski definition) is 17. The molecule has 2 aliphatic rings. The molecule has 0 spiro atoms. The Morgan fingerprint density at radius 2 is 0.989 bits per heavy atom. The molecule has 33 heteroatoms. The lowest BCUT2D eigenvalue weighted by atomic mass is 9.99. The quantitative estimate of drug-likeness (QED) is 0.0724. The number of aromatic nitrogens is 15. The third-order valence-corrected chi connectivity index (χ3v) is 16.9. The minimum Gasteiger partial charge on any atom is -0.393 e. The Kier molecular flexibility index (Phi) is 27.0. The van der Waals surface area contributed by atoms with E-state index < -0.39 is 53.7 Å². The van der Waals surface area contributed by atoms with Gasteiger partial charge < -0.3 is 14.6 Å². The Balaban J connectivity index is 0.000000194. The molecule has 7 heterocycles. The number of alkyl halides is 4. The summed E-state index contributed by atoms with van der Waals surface area (Å²) in [4.78, 5) is 59.4. The highest BCUT2D eigenvalue weighted by Crippen LogP contribution is 2.37. The average molecular weight is 1330 g/mol. The van der Waals surface area contributed by atoms with E-state index in [0.29, 0.717) is 47.8 Å². The van der Waals surface area contributed by atoms with Gasteiger partial charge in [0.25, 0.3) is 10.1 Å². The lowest BCUT2D eigenvalue weighted by Gasteiger charge is -2.39. The van der Waals surface area contributed by atoms with Crippen molar-refractivity contribution in [3.8, 4) is 0 Å². The van der Waals surface area contributed by atoms with Gasteiger partial charge in [-0.3, -0.25) is 31.9 Å². The highest BCUT2D eigenvalue weighted by Gasteiger charge is 2.42. The largest absolute Gasteiger partial charge is 0.393 e. The van der Waals surface area contributed by atoms with E-state index in [4.69, 9.17) is 18.8 Å². The molecule has 27 nitrogen and oxygen atoms in total. The molecule has 2 N–H and O–H groups in total. The second kappa shape index (κ2) is 34.1. The summed E-state index contributed by atoms with van der Waals surface area (Å²) >= 11 is 0. The number of H-pyrrole nitrogens is 1. The normalized spacial score (nSPS) is 16.6. The molecule has 0 aliphatic carbocycles. The summed E-state index contributed by atoms with van der Waals surface area (Å²) in [6.07, 6.45) is -1.73. The van der Waals surface area contributed by atoms with E-state index in [1.54, 1.807) is 87.1 Å². The van der Waals surface area contributed by atoms with Crippen LogP contribution in [0.4, 0.5) is 22.0 Å². The number of aryl methyl sites for hydroxylation is 6. The van der Waals surface area contributed by atoms with Crippen LogP contribution >= 0.6 is 0 Å². The second-order valence-electron chi connectivity index (χ2n) is 22.6. The van der Waals surface area contributed by atoms with Crippen LogP contribution in [-0.2, 0) is 98.4 Å². The number of rotatable bonds is 22. The van der Waals surface area contributed by atoms with Crippen LogP contribution in [0.1, 0.15) is 71.5 Å². The lowest BCUT2D eigenvalue weighted by Crippen LogP contribution is -2.48. The monoisotopic (exact) mass is 1330 g/mol. The number of hydrogen-bond donors (Lipinski definition) is 2. The zero-order valence-corrected chi connectivity index (χ0v) is 54.8. The van der Waals surface area contributed by atoms with Crippen molar-refractivity contribution in [1.82, 2.24) is 77.1 Å². The van der Waals surface area contributed by atoms with Crippen LogP contribution in [0.5, 0.6) is 0 Å². The van der Waals surface area contributed by atoms with Crippen molar-refractivity contribution in [3.05, 3.63) is 183 Å². The Labute approximate surface area is 533 Å². The third-order valence-electron chi connectivity index (χ3n) is 15.6. The summed E-state index contributed by atoms with van der Waals surface area (Å²) in [6, 6.07) is 22.8. The molecule has 3 aromatic carbocycles. The van der Waals surface area contributed by atoms with Crippen LogP contribution in [0.2, 0.25) is 0 Å². The number of fused-ring (bicyclic) bond motifs is 2. The maximum atomic E-state index is 14.8. The predicted molar refractivity (Wildman–Crippen MR) is 332 cm³/mol. The molecule has 0 amide bonds. The van der Waals surface area contributed by atoms with Gasteiger partial charge in [0.2, 0.25) is 0 Å². The number of nitrogens with zero attached hydrogens (tertiary/aromatic N) is 15. The molecule has 6 atom stereocenters. The van der Waals surface area contributed by atoms with Gasteiger partial charge in [-0.1, -0.05) is 66.2 Å². The Hall–Kier alpha value is -8.24. The fourth-order valence-corrected chi connectivity index (χ4v) is 10.7. The van der Waals surface area contributed by atoms with E-state index in [1.807, 2.05) is 43.3 Å². The van der Waals surface area contributed by atoms with Crippen LogP contribution in [-0.4, -0.2) is 160 Å². The highest BCUT2D eigenvalue weighted by molar-refractivity contribution is 7.86. The van der Waals surface area contributed by atoms with Gasteiger partial charge in [-0.25, -0.2) is 69.8 Å². The fraction of sp³-hybridized carbons (Fsp3) is 0.533. The van der Waals surface area contributed by atoms with E-state index in [-0.39, 0.29) is 91.1 Å². The molecule has 2 aliphatic heterocycles. The minimum atomic E-state index is -4.03. The van der Waals surface area contributed by atoms with Gasteiger partial charge in [-0.15, -0.1) is 0 Å². The summed E-state index contributed by atoms with van der Waals surface area (Å²) in [5.41, 5.74) is 0.870. The van der Waals surface area contributed by atoms with Crippen molar-refractivity contribution in [2.75, 3.05) is 26.4 Å². The first-order valence-electron chi connectivity index (χ1n) is 29.8. The highest BCUT2D eigenvalue weighted by atomic mass is 32.2. The minimum absolute atomic E-state index is 0.0241. The first kappa shape index (κ1) is 73.8. The standard InChI is InChI=1S/C21H28F2N4O2.C14H18FN3O4S.C14H18FN3O2.C7H12FN3O2.C4H7N3O/c1-14-24-27(21(28)25(14)2)12-16(22)11-26-17-7-8-18(26)10-19(9-17)29-13-15-5-3-4-6-20(15)23;1-10-4-6-13(7-5-10)23(20,21)22-9-12(15)8-18-14(19)17(3)11(2)16-18;1-11-16-18(14(19)17(11)2)8-13(15)10-20-9-12-6-4-3-5-7-12;1-5-9-11(3-6(8)4-12)7(13)10(5)2;1-3-5-6-4(8)7(3)2/h3-6,16-19H,7-13H2,1-2H3;4-7,12H,8-9H2,1-3H3;3-7,13H,8-10H2,1-2H3;6,12H,3-4H2,1-2H3;1-2H3,(H,6,8)/t16-,17?,18?,19?;12-;13-;6-;/m0111./s1. The summed E-state index contributed by atoms with van der Waals surface area (Å²) in [7, 11) is 3.97. The van der Waals surface area contributed by atoms with Crippen LogP contribution in [0.15, 0.2) is 108 Å². The number of nitrogens with one attached hydrogen (secondary N) is 1. The molecule has 8 aromatic rings. The van der Waals surface area contributed by atoms with Crippen molar-refractivity contribution in [2.24, 2.45) is 35.2 Å². The van der Waals surface area contributed by atoms with Crippen LogP contribution < -0.4 is 28.4 Å². The summed E-state index contributed by atoms with van der Waals surface area (Å²) in [5, 5.41) is 30.2. The zero-order chi connectivity index (χ0) is 68.4. The van der Waals surface area contributed by atoms with Gasteiger partial charge in [-0.2, -0.15) is 33.9 Å². The topological polar surface area (TPSA) is 295 Å². The van der Waals surface area contributed by atoms with E-state index in [2.05, 4.69) is 35.5 Å². The first-order valence-corrected chi connectivity index (χ1v) is 31.2. The molecule has 2 unspecified atom stereocenters. The van der Waals surface area contributed by atoms with Crippen molar-refractivity contribution in [2.45, 2.75) is 154 Å². The summed E-state index contributed by atoms with van der Waals surface area (Å²) < 4.78 is 120. The Bertz CT molecular complexity index is 4090. The number of aromatic amines is 1. The Morgan fingerprint density at radius 3 is 1.40 bits per heavy atom. The van der Waals surface area contributed by atoms with Gasteiger partial charge in [0.15, 0.2) is 0 Å². The average Bonchev–Trinajstić information content (AvgIpc) is 1.77. The number of aliphatic hydroxyl groups is 1. The molecule has 2 fully saturated rings. The van der Waals surface area contributed by atoms with E-state index in [0.717, 1.165) is 50.9 Å². The van der Waals surface area contributed by atoms with E-state index >= 15 is 0 Å². The van der Waals surface area contributed by atoms with Gasteiger partial charge in [0.05, 0.1) is 70.2 Å². The lowest BCUT2D eigenvalue weighted by molar-refractivity contribution is -0.0349. The van der Waals surface area contributed by atoms with Crippen LogP contribution in [0.25, 0.3) is 0 Å². The first-order chi connectivity index (χ1) is 44.0. The number of halogens is 5. The molecule has 2 saturated heterocycles. The van der Waals surface area contributed by atoms with Gasteiger partial charge in [0.1, 0.15) is 59.6 Å². The molecule has 5 aromatic heterocycles. The number of aliphatic hydroxyl groups excluding tert-OH is 1. The molecule has 2 bridgehead atoms. The smallest absolute Gasteiger partial charge is 0.345 e. The molecule has 510 valence electrons. The molecular weight excluding hydrogens is 1250 g/mol. The second-order valence-corrected chi connectivity index (χ2v) is 24.2. The molecule has 0 saturated carbocycles. The fourth-order valence-electron chi connectivity index (χ4n) is 9.78. The summed E-state index contributed by atoms with van der Waals surface area (Å²) in [5.74, 6) is 2.57. The SMILES string of the molecule is Cc1ccc(S(=O)(=O)OC[C@H](F)Cn2nc(C)n(C)c2=O)cc1.Cc1n[nH]c(=O)n1C.Cc1nn(C[C@@H](F)CN2C3CCC2CC(OCc2ccccc2F)C3)c(=O)n1C.Cc1nn(C[C@@H](F)CO)c(=O)n1C.Cc1nn(C[C@@H](F)COCc2ccccc2)c(=O)n1C. The maximum absolute atomic E-state index is 14.8. The van der Waals surface area contributed by atoms with Crippen molar-refractivity contribution in [3.63, 3.8) is 0 Å². The van der Waals surface area contributed by atoms with E-state index in [1.165, 1.54) is 52.8 Å². The van der Waals surface area contributed by atoms with Crippen LogP contribution in [0.3, 0.4) is 0 Å². The van der Waals surface area contributed by atoms with Gasteiger partial charge in [-0.05, 0) is 91.0 Å². The number of ether oxygens (including phenoxy) is 2. The number of piperidine rings is 1. The molecular formula is C60H83F5N16O11S. The summed E-state index contributed by atoms with van der Waals surface area (Å²) in [6.45, 7) is 9.21. The van der Waals surface area contributed by atoms with Crippen molar-refractivity contribution >= 4 is 10.1 Å². The molecule has 0 radical (unpaired) electrons. The number of benzene rings is 3. The van der Waals surface area contributed by atoms with Crippen LogP contribution in [0, 0.1) is 47.4 Å². The molecule has 10 rings (SSSR count). The van der Waals surface area contributed by atoms with Gasteiger partial charge in [0, 0.05) is 59.4 Å². The van der Waals surface area contributed by atoms with Crippen molar-refractivity contribution in [1.29, 1.82) is 0 Å². The van der Waals surface area contributed by atoms with Crippen molar-refractivity contribution < 1.29 is 49.1 Å². The van der Waals surface area contributed by atoms with Gasteiger partial charge >= 0.3 is 28.4 Å². The van der Waals surface area contributed by atoms with E-state index in [9.17, 15) is 54.3 Å². The molecule has 93 heavy (non-hydrogen) atoms. The Morgan fingerprint density at radius 1 is 0.548 bits per heavy atom. The predicted octanol–water partition coefficient (Wildman–Crippen LogP) is 3.60. The maximum Gasteiger partial charge on any atom is 0.345 e. The zero-order valence-electron chi connectivity index (χ0n) is 54.0.